The Morgan fingerprint density at radius 3 is 2.13 bits per heavy atom. The number of carbonyl (C=O) groups is 1. The molecule has 1 aromatic heterocycles. The summed E-state index contributed by atoms with van der Waals surface area (Å²) in [6, 6.07) is 20.4. The second-order valence-electron chi connectivity index (χ2n) is 7.10. The summed E-state index contributed by atoms with van der Waals surface area (Å²) in [5.74, 6) is -0.170. The molecule has 0 spiro atoms. The monoisotopic (exact) mass is 420 g/mol. The van der Waals surface area contributed by atoms with Crippen LogP contribution in [0.5, 0.6) is 0 Å². The molecule has 7 heteroatoms. The molecule has 0 bridgehead atoms. The highest BCUT2D eigenvalue weighted by Gasteiger charge is 2.15. The molecule has 0 saturated carbocycles. The van der Waals surface area contributed by atoms with Crippen LogP contribution in [0.4, 0.5) is 11.4 Å². The summed E-state index contributed by atoms with van der Waals surface area (Å²) in [6.45, 7) is 3.87. The van der Waals surface area contributed by atoms with E-state index in [1.165, 1.54) is 0 Å². The molecule has 2 N–H and O–H groups in total. The first-order valence-electron chi connectivity index (χ1n) is 9.31. The van der Waals surface area contributed by atoms with Gasteiger partial charge in [-0.25, -0.2) is 8.42 Å². The van der Waals surface area contributed by atoms with Gasteiger partial charge in [0.05, 0.1) is 4.90 Å². The molecule has 4 aromatic rings. The number of anilines is 2. The number of benzene rings is 3. The third kappa shape index (κ3) is 4.21. The molecule has 1 heterocycles. The van der Waals surface area contributed by atoms with Crippen molar-refractivity contribution >= 4 is 38.3 Å². The first-order chi connectivity index (χ1) is 14.3. The van der Waals surface area contributed by atoms with Gasteiger partial charge in [-0.3, -0.25) is 9.52 Å². The average Bonchev–Trinajstić information content (AvgIpc) is 3.13. The fourth-order valence-electron chi connectivity index (χ4n) is 3.02. The molecule has 0 fully saturated rings. The molecule has 3 aromatic carbocycles. The van der Waals surface area contributed by atoms with Crippen molar-refractivity contribution in [3.05, 3.63) is 89.7 Å². The second kappa shape index (κ2) is 7.68. The van der Waals surface area contributed by atoms with Gasteiger partial charge in [0.1, 0.15) is 5.58 Å². The lowest BCUT2D eigenvalue weighted by molar-refractivity contribution is 0.0998. The SMILES string of the molecule is Cc1ccc(S(=O)(=O)Nc2ccc(NC(=O)c3cc4cc(C)ccc4o3)cc2)cc1. The van der Waals surface area contributed by atoms with Crippen LogP contribution in [0, 0.1) is 13.8 Å². The number of hydrogen-bond donors (Lipinski definition) is 2. The summed E-state index contributed by atoms with van der Waals surface area (Å²) in [7, 11) is -3.68. The zero-order valence-electron chi connectivity index (χ0n) is 16.5. The van der Waals surface area contributed by atoms with E-state index in [1.807, 2.05) is 32.0 Å². The second-order valence-corrected chi connectivity index (χ2v) is 8.78. The van der Waals surface area contributed by atoms with E-state index in [0.717, 1.165) is 16.5 Å². The zero-order valence-corrected chi connectivity index (χ0v) is 17.3. The van der Waals surface area contributed by atoms with E-state index >= 15 is 0 Å². The Labute approximate surface area is 174 Å². The van der Waals surface area contributed by atoms with Crippen molar-refractivity contribution in [1.29, 1.82) is 0 Å². The van der Waals surface area contributed by atoms with Crippen LogP contribution in [0.1, 0.15) is 21.7 Å². The van der Waals surface area contributed by atoms with E-state index in [1.54, 1.807) is 54.6 Å². The van der Waals surface area contributed by atoms with Crippen LogP contribution in [0.15, 0.2) is 82.1 Å². The predicted octanol–water partition coefficient (Wildman–Crippen LogP) is 5.10. The van der Waals surface area contributed by atoms with Crippen LogP contribution in [-0.2, 0) is 10.0 Å². The molecule has 0 unspecified atom stereocenters. The minimum absolute atomic E-state index is 0.186. The smallest absolute Gasteiger partial charge is 0.291 e. The summed E-state index contributed by atoms with van der Waals surface area (Å²) in [5, 5.41) is 3.61. The van der Waals surface area contributed by atoms with Gasteiger partial charge in [0.15, 0.2) is 5.76 Å². The normalized spacial score (nSPS) is 11.4. The van der Waals surface area contributed by atoms with Gasteiger partial charge in [0.2, 0.25) is 0 Å². The third-order valence-electron chi connectivity index (χ3n) is 4.62. The number of hydrogen-bond acceptors (Lipinski definition) is 4. The highest BCUT2D eigenvalue weighted by atomic mass is 32.2. The molecule has 4 rings (SSSR count). The lowest BCUT2D eigenvalue weighted by Crippen LogP contribution is -2.13. The topological polar surface area (TPSA) is 88.4 Å². The maximum atomic E-state index is 12.5. The molecule has 152 valence electrons. The van der Waals surface area contributed by atoms with Gasteiger partial charge in [-0.05, 0) is 68.4 Å². The standard InChI is InChI=1S/C23H20N2O4S/c1-15-3-10-20(11-4-15)30(27,28)25-19-8-6-18(7-9-19)24-23(26)22-14-17-13-16(2)5-12-21(17)29-22/h3-14,25H,1-2H3,(H,24,26). The third-order valence-corrected chi connectivity index (χ3v) is 6.02. The quantitative estimate of drug-likeness (QED) is 0.470. The average molecular weight is 420 g/mol. The largest absolute Gasteiger partial charge is 0.451 e. The van der Waals surface area contributed by atoms with Gasteiger partial charge in [-0.2, -0.15) is 0 Å². The molecule has 0 atom stereocenters. The Bertz CT molecular complexity index is 1320. The molecule has 0 aliphatic heterocycles. The van der Waals surface area contributed by atoms with Crippen LogP contribution >= 0.6 is 0 Å². The van der Waals surface area contributed by atoms with Crippen molar-refractivity contribution in [3.8, 4) is 0 Å². The van der Waals surface area contributed by atoms with Gasteiger partial charge in [0.25, 0.3) is 15.9 Å². The minimum Gasteiger partial charge on any atom is -0.451 e. The molecule has 0 radical (unpaired) electrons. The Morgan fingerprint density at radius 2 is 1.43 bits per heavy atom. The van der Waals surface area contributed by atoms with E-state index in [0.29, 0.717) is 17.0 Å². The number of amides is 1. The molecule has 6 nitrogen and oxygen atoms in total. The Hall–Kier alpha value is -3.58. The van der Waals surface area contributed by atoms with Crippen molar-refractivity contribution in [1.82, 2.24) is 0 Å². The van der Waals surface area contributed by atoms with Gasteiger partial charge in [-0.15, -0.1) is 0 Å². The number of aryl methyl sites for hydroxylation is 2. The zero-order chi connectivity index (χ0) is 21.3. The summed E-state index contributed by atoms with van der Waals surface area (Å²) in [5.41, 5.74) is 3.63. The van der Waals surface area contributed by atoms with Gasteiger partial charge in [-0.1, -0.05) is 29.3 Å². The molecule has 1 amide bonds. The van der Waals surface area contributed by atoms with E-state index in [-0.39, 0.29) is 16.6 Å². The fraction of sp³-hybridized carbons (Fsp3) is 0.0870. The van der Waals surface area contributed by atoms with Crippen LogP contribution in [0.2, 0.25) is 0 Å². The van der Waals surface area contributed by atoms with E-state index in [2.05, 4.69) is 10.0 Å². The first-order valence-corrected chi connectivity index (χ1v) is 10.8. The summed E-state index contributed by atoms with van der Waals surface area (Å²) in [6.07, 6.45) is 0. The minimum atomic E-state index is -3.68. The van der Waals surface area contributed by atoms with Crippen molar-refractivity contribution < 1.29 is 17.6 Å². The number of furan rings is 1. The summed E-state index contributed by atoms with van der Waals surface area (Å²) < 4.78 is 33.1. The molecule has 0 aliphatic rings. The van der Waals surface area contributed by atoms with Gasteiger partial charge < -0.3 is 9.73 Å². The van der Waals surface area contributed by atoms with Gasteiger partial charge in [0, 0.05) is 16.8 Å². The molecule has 30 heavy (non-hydrogen) atoms. The molecular weight excluding hydrogens is 400 g/mol. The van der Waals surface area contributed by atoms with Crippen LogP contribution in [-0.4, -0.2) is 14.3 Å². The number of fused-ring (bicyclic) bond motifs is 1. The molecule has 0 aliphatic carbocycles. The fourth-order valence-corrected chi connectivity index (χ4v) is 4.08. The highest BCUT2D eigenvalue weighted by Crippen LogP contribution is 2.23. The maximum absolute atomic E-state index is 12.5. The Kier molecular flexibility index (Phi) is 5.05. The van der Waals surface area contributed by atoms with E-state index in [4.69, 9.17) is 4.42 Å². The number of carbonyl (C=O) groups excluding carboxylic acids is 1. The highest BCUT2D eigenvalue weighted by molar-refractivity contribution is 7.92. The van der Waals surface area contributed by atoms with Crippen molar-refractivity contribution in [2.75, 3.05) is 10.0 Å². The number of sulfonamides is 1. The predicted molar refractivity (Wildman–Crippen MR) is 117 cm³/mol. The van der Waals surface area contributed by atoms with Crippen molar-refractivity contribution in [2.45, 2.75) is 18.7 Å². The molecular formula is C23H20N2O4S. The number of rotatable bonds is 5. The first kappa shape index (κ1) is 19.7. The van der Waals surface area contributed by atoms with Crippen LogP contribution in [0.25, 0.3) is 11.0 Å². The summed E-state index contributed by atoms with van der Waals surface area (Å²) >= 11 is 0. The van der Waals surface area contributed by atoms with E-state index in [9.17, 15) is 13.2 Å². The van der Waals surface area contributed by atoms with Crippen LogP contribution < -0.4 is 10.0 Å². The van der Waals surface area contributed by atoms with Crippen molar-refractivity contribution in [3.63, 3.8) is 0 Å². The number of nitrogens with one attached hydrogen (secondary N) is 2. The van der Waals surface area contributed by atoms with Crippen LogP contribution in [0.3, 0.4) is 0 Å². The lowest BCUT2D eigenvalue weighted by Gasteiger charge is -2.09. The molecule has 0 saturated heterocycles. The van der Waals surface area contributed by atoms with Gasteiger partial charge >= 0.3 is 0 Å². The Balaban J connectivity index is 1.46. The van der Waals surface area contributed by atoms with E-state index < -0.39 is 10.0 Å². The lowest BCUT2D eigenvalue weighted by atomic mass is 10.2. The summed E-state index contributed by atoms with van der Waals surface area (Å²) in [4.78, 5) is 12.7. The maximum Gasteiger partial charge on any atom is 0.291 e. The Morgan fingerprint density at radius 1 is 0.800 bits per heavy atom. The van der Waals surface area contributed by atoms with Crippen molar-refractivity contribution in [2.24, 2.45) is 0 Å².